The highest BCUT2D eigenvalue weighted by molar-refractivity contribution is 6.14. The van der Waals surface area contributed by atoms with Gasteiger partial charge < -0.3 is 10.1 Å². The average molecular weight is 320 g/mol. The molecule has 0 saturated heterocycles. The minimum Gasteiger partial charge on any atom is -0.497 e. The van der Waals surface area contributed by atoms with Gasteiger partial charge in [0.25, 0.3) is 5.91 Å². The number of amides is 1. The maximum atomic E-state index is 12.1. The molecule has 0 atom stereocenters. The van der Waals surface area contributed by atoms with Gasteiger partial charge in [0, 0.05) is 6.42 Å². The Balaban J connectivity index is 1.69. The number of aryl methyl sites for hydroxylation is 2. The van der Waals surface area contributed by atoms with Crippen molar-refractivity contribution in [3.8, 4) is 5.75 Å². The molecule has 1 heterocycles. The van der Waals surface area contributed by atoms with Gasteiger partial charge in [-0.2, -0.15) is 0 Å². The molecule has 122 valence electrons. The van der Waals surface area contributed by atoms with Gasteiger partial charge in [0.15, 0.2) is 0 Å². The second-order valence-corrected chi connectivity index (χ2v) is 5.80. The highest BCUT2D eigenvalue weighted by Crippen LogP contribution is 2.17. The summed E-state index contributed by atoms with van der Waals surface area (Å²) in [4.78, 5) is 16.5. The standard InChI is InChI=1S/C20H20N2O2/c1-14-4-3-5-15(12-14)8-11-19-21-18(20(23)22-19)13-16-6-9-17(24-2)10-7-16/h3-7,9-10,12-13H,8,11H2,1-2H3,(H,21,22,23)/b18-13+. The quantitative estimate of drug-likeness (QED) is 0.857. The molecule has 0 saturated carbocycles. The second-order valence-electron chi connectivity index (χ2n) is 5.80. The number of carbonyl (C=O) groups excluding carboxylic acids is 1. The van der Waals surface area contributed by atoms with Gasteiger partial charge in [-0.1, -0.05) is 42.0 Å². The molecule has 1 aliphatic heterocycles. The van der Waals surface area contributed by atoms with Crippen LogP contribution in [0.1, 0.15) is 23.1 Å². The number of aliphatic imine (C=N–C) groups is 1. The summed E-state index contributed by atoms with van der Waals surface area (Å²) in [6.07, 6.45) is 3.36. The molecule has 0 unspecified atom stereocenters. The van der Waals surface area contributed by atoms with Crippen molar-refractivity contribution < 1.29 is 9.53 Å². The first-order chi connectivity index (χ1) is 11.6. The van der Waals surface area contributed by atoms with Gasteiger partial charge in [0.2, 0.25) is 0 Å². The van der Waals surface area contributed by atoms with Crippen molar-refractivity contribution in [1.29, 1.82) is 0 Å². The molecule has 2 aromatic carbocycles. The predicted octanol–water partition coefficient (Wildman–Crippen LogP) is 3.51. The van der Waals surface area contributed by atoms with Crippen molar-refractivity contribution in [3.05, 3.63) is 70.9 Å². The number of nitrogens with one attached hydrogen (secondary N) is 1. The maximum absolute atomic E-state index is 12.1. The van der Waals surface area contributed by atoms with E-state index in [-0.39, 0.29) is 5.91 Å². The Kier molecular flexibility index (Phi) is 4.75. The summed E-state index contributed by atoms with van der Waals surface area (Å²) >= 11 is 0. The third-order valence-electron chi connectivity index (χ3n) is 3.90. The molecule has 0 aliphatic carbocycles. The SMILES string of the molecule is COc1ccc(/C=C2/N=C(CCc3cccc(C)c3)NC2=O)cc1. The van der Waals surface area contributed by atoms with E-state index >= 15 is 0 Å². The van der Waals surface area contributed by atoms with Crippen LogP contribution in [0.15, 0.2) is 59.2 Å². The van der Waals surface area contributed by atoms with Crippen LogP contribution in [0.4, 0.5) is 0 Å². The van der Waals surface area contributed by atoms with Crippen molar-refractivity contribution in [2.24, 2.45) is 4.99 Å². The predicted molar refractivity (Wildman–Crippen MR) is 96.0 cm³/mol. The van der Waals surface area contributed by atoms with Crippen LogP contribution >= 0.6 is 0 Å². The molecule has 0 radical (unpaired) electrons. The van der Waals surface area contributed by atoms with E-state index in [1.165, 1.54) is 11.1 Å². The first-order valence-corrected chi connectivity index (χ1v) is 7.94. The van der Waals surface area contributed by atoms with Crippen molar-refractivity contribution >= 4 is 17.8 Å². The van der Waals surface area contributed by atoms with Crippen LogP contribution in [0.5, 0.6) is 5.75 Å². The van der Waals surface area contributed by atoms with E-state index < -0.39 is 0 Å². The summed E-state index contributed by atoms with van der Waals surface area (Å²) < 4.78 is 5.13. The minimum atomic E-state index is -0.148. The molecule has 3 rings (SSSR count). The molecule has 4 heteroatoms. The zero-order valence-corrected chi connectivity index (χ0v) is 13.9. The van der Waals surface area contributed by atoms with Gasteiger partial charge in [-0.25, -0.2) is 4.99 Å². The van der Waals surface area contributed by atoms with Crippen LogP contribution in [-0.4, -0.2) is 18.9 Å². The Hall–Kier alpha value is -2.88. The van der Waals surface area contributed by atoms with Crippen LogP contribution < -0.4 is 10.1 Å². The van der Waals surface area contributed by atoms with Gasteiger partial charge in [-0.05, 0) is 42.7 Å². The normalized spacial score (nSPS) is 15.3. The van der Waals surface area contributed by atoms with Crippen LogP contribution in [-0.2, 0) is 11.2 Å². The van der Waals surface area contributed by atoms with Crippen LogP contribution in [0.25, 0.3) is 6.08 Å². The lowest BCUT2D eigenvalue weighted by atomic mass is 10.1. The van der Waals surface area contributed by atoms with E-state index in [9.17, 15) is 4.79 Å². The van der Waals surface area contributed by atoms with E-state index in [4.69, 9.17) is 4.74 Å². The molecule has 0 fully saturated rings. The third kappa shape index (κ3) is 3.90. The first-order valence-electron chi connectivity index (χ1n) is 7.94. The van der Waals surface area contributed by atoms with Gasteiger partial charge in [-0.15, -0.1) is 0 Å². The zero-order chi connectivity index (χ0) is 16.9. The molecular weight excluding hydrogens is 300 g/mol. The average Bonchev–Trinajstić information content (AvgIpc) is 2.94. The number of rotatable bonds is 5. The van der Waals surface area contributed by atoms with Crippen LogP contribution in [0.3, 0.4) is 0 Å². The lowest BCUT2D eigenvalue weighted by Crippen LogP contribution is -2.24. The van der Waals surface area contributed by atoms with Gasteiger partial charge in [0.05, 0.1) is 7.11 Å². The summed E-state index contributed by atoms with van der Waals surface area (Å²) in [6, 6.07) is 15.9. The van der Waals surface area contributed by atoms with Crippen LogP contribution in [0.2, 0.25) is 0 Å². The smallest absolute Gasteiger partial charge is 0.275 e. The molecule has 1 aliphatic rings. The summed E-state index contributed by atoms with van der Waals surface area (Å²) in [7, 11) is 1.63. The Bertz CT molecular complexity index is 805. The Morgan fingerprint density at radius 2 is 1.92 bits per heavy atom. The van der Waals surface area contributed by atoms with E-state index in [0.29, 0.717) is 5.70 Å². The van der Waals surface area contributed by atoms with E-state index in [2.05, 4.69) is 41.5 Å². The summed E-state index contributed by atoms with van der Waals surface area (Å²) in [6.45, 7) is 2.08. The number of ether oxygens (including phenoxy) is 1. The molecule has 4 nitrogen and oxygen atoms in total. The monoisotopic (exact) mass is 320 g/mol. The number of carbonyl (C=O) groups is 1. The lowest BCUT2D eigenvalue weighted by molar-refractivity contribution is -0.115. The minimum absolute atomic E-state index is 0.148. The van der Waals surface area contributed by atoms with Gasteiger partial charge in [-0.3, -0.25) is 4.79 Å². The third-order valence-corrected chi connectivity index (χ3v) is 3.90. The molecule has 0 bridgehead atoms. The molecule has 1 amide bonds. The van der Waals surface area contributed by atoms with Crippen molar-refractivity contribution in [3.63, 3.8) is 0 Å². The van der Waals surface area contributed by atoms with E-state index in [1.54, 1.807) is 13.2 Å². The fourth-order valence-corrected chi connectivity index (χ4v) is 2.62. The summed E-state index contributed by atoms with van der Waals surface area (Å²) in [5, 5.41) is 2.85. The Morgan fingerprint density at radius 1 is 1.12 bits per heavy atom. The van der Waals surface area contributed by atoms with Crippen LogP contribution in [0, 0.1) is 6.92 Å². The fraction of sp³-hybridized carbons (Fsp3) is 0.200. The van der Waals surface area contributed by atoms with Gasteiger partial charge >= 0.3 is 0 Å². The maximum Gasteiger partial charge on any atom is 0.275 e. The lowest BCUT2D eigenvalue weighted by Gasteiger charge is -2.02. The number of benzene rings is 2. The zero-order valence-electron chi connectivity index (χ0n) is 13.9. The topological polar surface area (TPSA) is 50.7 Å². The van der Waals surface area contributed by atoms with Gasteiger partial charge in [0.1, 0.15) is 17.3 Å². The molecule has 24 heavy (non-hydrogen) atoms. The molecule has 1 N–H and O–H groups in total. The molecule has 0 spiro atoms. The molecule has 2 aromatic rings. The van der Waals surface area contributed by atoms with E-state index in [0.717, 1.165) is 30.0 Å². The highest BCUT2D eigenvalue weighted by Gasteiger charge is 2.19. The summed E-state index contributed by atoms with van der Waals surface area (Å²) in [5.74, 6) is 1.36. The van der Waals surface area contributed by atoms with E-state index in [1.807, 2.05) is 24.3 Å². The number of hydrogen-bond acceptors (Lipinski definition) is 3. The molecule has 0 aromatic heterocycles. The first kappa shape index (κ1) is 16.0. The molecular formula is C20H20N2O2. The second kappa shape index (κ2) is 7.13. The van der Waals surface area contributed by atoms with Crippen molar-refractivity contribution in [2.75, 3.05) is 7.11 Å². The highest BCUT2D eigenvalue weighted by atomic mass is 16.5. The fourth-order valence-electron chi connectivity index (χ4n) is 2.62. The number of nitrogens with zero attached hydrogens (tertiary/aromatic N) is 1. The Morgan fingerprint density at radius 3 is 2.62 bits per heavy atom. The number of methoxy groups -OCH3 is 1. The van der Waals surface area contributed by atoms with Crippen molar-refractivity contribution in [2.45, 2.75) is 19.8 Å². The number of hydrogen-bond donors (Lipinski definition) is 1. The Labute approximate surface area is 141 Å². The van der Waals surface area contributed by atoms with Crippen molar-refractivity contribution in [1.82, 2.24) is 5.32 Å². The number of amidine groups is 1. The largest absolute Gasteiger partial charge is 0.497 e. The summed E-state index contributed by atoms with van der Waals surface area (Å²) in [5.41, 5.74) is 3.86.